The van der Waals surface area contributed by atoms with E-state index in [1.807, 2.05) is 0 Å². The first-order valence-electron chi connectivity index (χ1n) is 6.45. The molecule has 1 N–H and O–H groups in total. The second kappa shape index (κ2) is 9.83. The van der Waals surface area contributed by atoms with Gasteiger partial charge in [-0.25, -0.2) is 0 Å². The summed E-state index contributed by atoms with van der Waals surface area (Å²) in [6.45, 7) is -2.92. The minimum Gasteiger partial charge on any atom is -0.493 e. The lowest BCUT2D eigenvalue weighted by Gasteiger charge is -2.17. The molecule has 0 atom stereocenters. The standard InChI is InChI=1S/C13H16F2N2O6.ClH/c1-16(4-3-12(18)19)7-8-5-10(22-2)11(23-13(14)15)6-9(8)17(20)21;/h5-6,13H,3-4,7H2,1-2H3,(H,18,19);1H. The van der Waals surface area contributed by atoms with Crippen LogP contribution in [0.2, 0.25) is 0 Å². The lowest BCUT2D eigenvalue weighted by Crippen LogP contribution is -2.22. The van der Waals surface area contributed by atoms with E-state index in [2.05, 4.69) is 4.74 Å². The van der Waals surface area contributed by atoms with Gasteiger partial charge in [0.1, 0.15) is 0 Å². The van der Waals surface area contributed by atoms with Gasteiger partial charge in [-0.2, -0.15) is 8.78 Å². The Morgan fingerprint density at radius 1 is 1.42 bits per heavy atom. The molecule has 0 saturated carbocycles. The number of nitrogens with zero attached hydrogens (tertiary/aromatic N) is 2. The molecular formula is C13H17ClF2N2O6. The molecule has 0 aliphatic rings. The molecule has 0 heterocycles. The highest BCUT2D eigenvalue weighted by Gasteiger charge is 2.22. The largest absolute Gasteiger partial charge is 0.493 e. The summed E-state index contributed by atoms with van der Waals surface area (Å²) >= 11 is 0. The molecule has 0 unspecified atom stereocenters. The number of carboxylic acid groups (broad SMARTS) is 1. The van der Waals surface area contributed by atoms with Crippen LogP contribution in [0.25, 0.3) is 0 Å². The maximum atomic E-state index is 12.3. The van der Waals surface area contributed by atoms with Crippen molar-refractivity contribution >= 4 is 24.1 Å². The van der Waals surface area contributed by atoms with E-state index < -0.39 is 28.9 Å². The molecule has 1 aromatic rings. The summed E-state index contributed by atoms with van der Waals surface area (Å²) in [7, 11) is 2.81. The molecule has 11 heteroatoms. The van der Waals surface area contributed by atoms with Crippen molar-refractivity contribution in [2.45, 2.75) is 19.6 Å². The normalized spacial score (nSPS) is 10.4. The molecule has 8 nitrogen and oxygen atoms in total. The SMILES string of the molecule is COc1cc(CN(C)CCC(=O)O)c([N+](=O)[O-])cc1OC(F)F.Cl. The second-order valence-electron chi connectivity index (χ2n) is 4.65. The Kier molecular flexibility index (Phi) is 8.93. The first-order chi connectivity index (χ1) is 10.7. The zero-order valence-corrected chi connectivity index (χ0v) is 13.7. The van der Waals surface area contributed by atoms with Gasteiger partial charge in [-0.05, 0) is 13.1 Å². The van der Waals surface area contributed by atoms with Crippen LogP contribution in [0.4, 0.5) is 14.5 Å². The fourth-order valence-electron chi connectivity index (χ4n) is 1.89. The number of hydrogen-bond donors (Lipinski definition) is 1. The van der Waals surface area contributed by atoms with Crippen LogP contribution in [0, 0.1) is 10.1 Å². The predicted octanol–water partition coefficient (Wildman–Crippen LogP) is 2.53. The molecule has 1 rings (SSSR count). The number of hydrogen-bond acceptors (Lipinski definition) is 6. The highest BCUT2D eigenvalue weighted by Crippen LogP contribution is 2.36. The third-order valence-corrected chi connectivity index (χ3v) is 2.93. The molecule has 0 bridgehead atoms. The van der Waals surface area contributed by atoms with Gasteiger partial charge in [0, 0.05) is 18.7 Å². The van der Waals surface area contributed by atoms with E-state index in [0.717, 1.165) is 6.07 Å². The number of nitro benzene ring substituents is 1. The third-order valence-electron chi connectivity index (χ3n) is 2.93. The lowest BCUT2D eigenvalue weighted by molar-refractivity contribution is -0.385. The molecule has 0 fully saturated rings. The van der Waals surface area contributed by atoms with Crippen molar-refractivity contribution in [1.29, 1.82) is 0 Å². The summed E-state index contributed by atoms with van der Waals surface area (Å²) in [5.74, 6) is -1.51. The van der Waals surface area contributed by atoms with Gasteiger partial charge in [-0.1, -0.05) is 0 Å². The summed E-state index contributed by atoms with van der Waals surface area (Å²) in [4.78, 5) is 22.5. The van der Waals surface area contributed by atoms with Crippen molar-refractivity contribution in [3.63, 3.8) is 0 Å². The molecule has 0 spiro atoms. The Bertz CT molecular complexity index is 588. The Hall–Kier alpha value is -2.20. The Balaban J connectivity index is 0.00000529. The summed E-state index contributed by atoms with van der Waals surface area (Å²) in [5.41, 5.74) is -0.218. The van der Waals surface area contributed by atoms with Gasteiger partial charge >= 0.3 is 12.6 Å². The van der Waals surface area contributed by atoms with Crippen LogP contribution in [0.1, 0.15) is 12.0 Å². The number of halogens is 3. The number of methoxy groups -OCH3 is 1. The lowest BCUT2D eigenvalue weighted by atomic mass is 10.1. The molecule has 0 aliphatic carbocycles. The number of rotatable bonds is 9. The minimum atomic E-state index is -3.15. The Morgan fingerprint density at radius 2 is 2.04 bits per heavy atom. The monoisotopic (exact) mass is 370 g/mol. The van der Waals surface area contributed by atoms with Gasteiger partial charge in [0.25, 0.3) is 5.69 Å². The van der Waals surface area contributed by atoms with Crippen LogP contribution in [-0.4, -0.2) is 48.2 Å². The molecular weight excluding hydrogens is 354 g/mol. The molecule has 0 saturated heterocycles. The van der Waals surface area contributed by atoms with Gasteiger partial charge in [-0.3, -0.25) is 14.9 Å². The molecule has 0 aliphatic heterocycles. The van der Waals surface area contributed by atoms with Crippen molar-refractivity contribution in [3.05, 3.63) is 27.8 Å². The fourth-order valence-corrected chi connectivity index (χ4v) is 1.89. The van der Waals surface area contributed by atoms with Gasteiger partial charge in [-0.15, -0.1) is 12.4 Å². The summed E-state index contributed by atoms with van der Waals surface area (Å²) in [6.07, 6.45) is -0.131. The zero-order chi connectivity index (χ0) is 17.6. The highest BCUT2D eigenvalue weighted by molar-refractivity contribution is 5.85. The smallest absolute Gasteiger partial charge is 0.387 e. The average molecular weight is 371 g/mol. The van der Waals surface area contributed by atoms with Crippen LogP contribution in [-0.2, 0) is 11.3 Å². The van der Waals surface area contributed by atoms with E-state index in [-0.39, 0.29) is 43.2 Å². The average Bonchev–Trinajstić information content (AvgIpc) is 2.45. The number of benzene rings is 1. The molecule has 136 valence electrons. The molecule has 0 radical (unpaired) electrons. The van der Waals surface area contributed by atoms with Crippen molar-refractivity contribution in [2.24, 2.45) is 0 Å². The maximum Gasteiger partial charge on any atom is 0.387 e. The van der Waals surface area contributed by atoms with E-state index in [9.17, 15) is 23.7 Å². The topological polar surface area (TPSA) is 102 Å². The molecule has 1 aromatic carbocycles. The third kappa shape index (κ3) is 6.50. The number of carbonyl (C=O) groups is 1. The summed E-state index contributed by atoms with van der Waals surface area (Å²) in [5, 5.41) is 19.7. The Labute approximate surface area is 142 Å². The van der Waals surface area contributed by atoms with Crippen molar-refractivity contribution in [2.75, 3.05) is 20.7 Å². The van der Waals surface area contributed by atoms with E-state index in [0.29, 0.717) is 0 Å². The maximum absolute atomic E-state index is 12.3. The second-order valence-corrected chi connectivity index (χ2v) is 4.65. The van der Waals surface area contributed by atoms with Crippen molar-refractivity contribution < 1.29 is 33.1 Å². The summed E-state index contributed by atoms with van der Waals surface area (Å²) in [6, 6.07) is 2.10. The number of nitro groups is 1. The molecule has 0 amide bonds. The van der Waals surface area contributed by atoms with Gasteiger partial charge in [0.05, 0.1) is 24.5 Å². The first-order valence-corrected chi connectivity index (χ1v) is 6.45. The number of aliphatic carboxylic acids is 1. The minimum absolute atomic E-state index is 0. The van der Waals surface area contributed by atoms with Crippen molar-refractivity contribution in [1.82, 2.24) is 4.90 Å². The number of ether oxygens (including phenoxy) is 2. The van der Waals surface area contributed by atoms with Gasteiger partial charge < -0.3 is 19.5 Å². The van der Waals surface area contributed by atoms with Crippen LogP contribution in [0.15, 0.2) is 12.1 Å². The fraction of sp³-hybridized carbons (Fsp3) is 0.462. The van der Waals surface area contributed by atoms with Crippen molar-refractivity contribution in [3.8, 4) is 11.5 Å². The predicted molar refractivity (Wildman–Crippen MR) is 82.1 cm³/mol. The van der Waals surface area contributed by atoms with Gasteiger partial charge in [0.15, 0.2) is 11.5 Å². The quantitative estimate of drug-likeness (QED) is 0.526. The summed E-state index contributed by atoms with van der Waals surface area (Å²) < 4.78 is 33.8. The van der Waals surface area contributed by atoms with E-state index in [1.165, 1.54) is 13.2 Å². The highest BCUT2D eigenvalue weighted by atomic mass is 35.5. The van der Waals surface area contributed by atoms with Gasteiger partial charge in [0.2, 0.25) is 0 Å². The van der Waals surface area contributed by atoms with Crippen LogP contribution in [0.5, 0.6) is 11.5 Å². The molecule has 0 aromatic heterocycles. The van der Waals surface area contributed by atoms with E-state index in [4.69, 9.17) is 9.84 Å². The van der Waals surface area contributed by atoms with E-state index >= 15 is 0 Å². The zero-order valence-electron chi connectivity index (χ0n) is 12.9. The van der Waals surface area contributed by atoms with Crippen LogP contribution >= 0.6 is 12.4 Å². The van der Waals surface area contributed by atoms with E-state index in [1.54, 1.807) is 11.9 Å². The first kappa shape index (κ1) is 21.8. The molecule has 24 heavy (non-hydrogen) atoms. The number of alkyl halides is 2. The number of carboxylic acids is 1. The van der Waals surface area contributed by atoms with Crippen LogP contribution < -0.4 is 9.47 Å². The Morgan fingerprint density at radius 3 is 2.50 bits per heavy atom. The van der Waals surface area contributed by atoms with Crippen LogP contribution in [0.3, 0.4) is 0 Å².